The van der Waals surface area contributed by atoms with Crippen molar-refractivity contribution >= 4 is 17.9 Å². The number of carbonyl (C=O) groups is 3. The molecule has 1 unspecified atom stereocenters. The summed E-state index contributed by atoms with van der Waals surface area (Å²) in [6, 6.07) is 0. The SMILES string of the molecule is CC/C=C\C/C=C\C/C=C\C/C=C\C/C=C\C/C=C\CCCCC(=O)OC(COC(=O)CCCCCCCCC)COC(=O)CCCCCCCCCCCCCCCCCCCCC/C=C\C/C=C\CCCCCCC. The highest BCUT2D eigenvalue weighted by Crippen LogP contribution is 2.17. The maximum absolute atomic E-state index is 12.8. The predicted molar refractivity (Wildman–Crippen MR) is 334 cm³/mol. The minimum atomic E-state index is -0.798. The van der Waals surface area contributed by atoms with Crippen LogP contribution in [0.5, 0.6) is 0 Å². The molecule has 0 aromatic heterocycles. The second-order valence-corrected chi connectivity index (χ2v) is 21.6. The molecule has 0 aromatic rings. The minimum Gasteiger partial charge on any atom is -0.462 e. The van der Waals surface area contributed by atoms with E-state index in [1.807, 2.05) is 0 Å². The number of hydrogen-bond acceptors (Lipinski definition) is 6. The molecule has 6 heteroatoms. The van der Waals surface area contributed by atoms with Crippen LogP contribution in [0, 0.1) is 0 Å². The van der Waals surface area contributed by atoms with Gasteiger partial charge in [-0.15, -0.1) is 0 Å². The molecule has 442 valence electrons. The number of allylic oxidation sites excluding steroid dienone is 16. The maximum Gasteiger partial charge on any atom is 0.306 e. The molecule has 0 aliphatic rings. The van der Waals surface area contributed by atoms with Crippen LogP contribution >= 0.6 is 0 Å². The van der Waals surface area contributed by atoms with Gasteiger partial charge in [-0.1, -0.05) is 291 Å². The van der Waals surface area contributed by atoms with E-state index in [-0.39, 0.29) is 37.5 Å². The Balaban J connectivity index is 4.11. The van der Waals surface area contributed by atoms with Gasteiger partial charge >= 0.3 is 17.9 Å². The Bertz CT molecular complexity index is 1510. The highest BCUT2D eigenvalue weighted by Gasteiger charge is 2.19. The number of esters is 3. The molecule has 0 rings (SSSR count). The third-order valence-electron chi connectivity index (χ3n) is 14.1. The number of unbranched alkanes of at least 4 members (excludes halogenated alkanes) is 32. The van der Waals surface area contributed by atoms with Crippen molar-refractivity contribution in [2.75, 3.05) is 13.2 Å². The second kappa shape index (κ2) is 64.9. The molecule has 77 heavy (non-hydrogen) atoms. The zero-order chi connectivity index (χ0) is 55.7. The van der Waals surface area contributed by atoms with E-state index in [1.165, 1.54) is 173 Å². The van der Waals surface area contributed by atoms with Crippen molar-refractivity contribution in [1.29, 1.82) is 0 Å². The lowest BCUT2D eigenvalue weighted by atomic mass is 10.0. The molecule has 0 saturated heterocycles. The summed E-state index contributed by atoms with van der Waals surface area (Å²) in [6.07, 6.45) is 87.5. The molecule has 0 aliphatic heterocycles. The topological polar surface area (TPSA) is 78.9 Å². The van der Waals surface area contributed by atoms with Crippen molar-refractivity contribution < 1.29 is 28.6 Å². The average Bonchev–Trinajstić information content (AvgIpc) is 3.43. The molecule has 0 aliphatic carbocycles. The molecule has 0 amide bonds. The summed E-state index contributed by atoms with van der Waals surface area (Å²) in [5, 5.41) is 0. The van der Waals surface area contributed by atoms with Gasteiger partial charge in [-0.2, -0.15) is 0 Å². The van der Waals surface area contributed by atoms with Crippen LogP contribution in [0.4, 0.5) is 0 Å². The second-order valence-electron chi connectivity index (χ2n) is 21.6. The first-order valence-corrected chi connectivity index (χ1v) is 32.7. The fourth-order valence-electron chi connectivity index (χ4n) is 9.18. The predicted octanol–water partition coefficient (Wildman–Crippen LogP) is 22.4. The maximum atomic E-state index is 12.8. The van der Waals surface area contributed by atoms with Crippen LogP contribution in [0.15, 0.2) is 97.2 Å². The molecular formula is C71H122O6. The molecule has 0 fully saturated rings. The summed E-state index contributed by atoms with van der Waals surface area (Å²) in [4.78, 5) is 38.1. The van der Waals surface area contributed by atoms with Gasteiger partial charge in [-0.05, 0) is 103 Å². The van der Waals surface area contributed by atoms with Gasteiger partial charge in [-0.25, -0.2) is 0 Å². The summed E-state index contributed by atoms with van der Waals surface area (Å²) in [6.45, 7) is 6.46. The zero-order valence-corrected chi connectivity index (χ0v) is 50.7. The molecule has 6 nitrogen and oxygen atoms in total. The zero-order valence-electron chi connectivity index (χ0n) is 50.7. The van der Waals surface area contributed by atoms with Gasteiger partial charge in [0.1, 0.15) is 13.2 Å². The number of hydrogen-bond donors (Lipinski definition) is 0. The van der Waals surface area contributed by atoms with Crippen molar-refractivity contribution in [1.82, 2.24) is 0 Å². The van der Waals surface area contributed by atoms with Crippen LogP contribution in [0.25, 0.3) is 0 Å². The van der Waals surface area contributed by atoms with Gasteiger partial charge in [0.25, 0.3) is 0 Å². The molecule has 0 heterocycles. The third-order valence-corrected chi connectivity index (χ3v) is 14.1. The summed E-state index contributed by atoms with van der Waals surface area (Å²) in [5.74, 6) is -0.934. The van der Waals surface area contributed by atoms with E-state index >= 15 is 0 Å². The molecule has 0 aromatic carbocycles. The highest BCUT2D eigenvalue weighted by atomic mass is 16.6. The Hall–Kier alpha value is -3.67. The standard InChI is InChI=1S/C71H122O6/c1-4-7-10-13-16-18-20-22-24-26-28-30-31-32-33-34-35-36-37-38-39-41-42-44-46-48-50-52-55-58-61-64-70(73)76-67-68(66-75-69(72)63-60-57-54-15-12-9-6-3)77-71(74)65-62-59-56-53-51-49-47-45-43-40-29-27-25-23-21-19-17-14-11-8-5-2/h8,11,17,19-20,22-23,25-26,28-29,40,45,47,51,53,68H,4-7,9-10,12-16,18,21,24,27,30-39,41-44,46,48-50,52,54-67H2,1-3H3/b11-8-,19-17-,22-20-,25-23-,28-26-,40-29-,47-45-,53-51-. The molecule has 0 radical (unpaired) electrons. The number of rotatable bonds is 59. The monoisotopic (exact) mass is 1070 g/mol. The van der Waals surface area contributed by atoms with Crippen molar-refractivity contribution in [3.8, 4) is 0 Å². The highest BCUT2D eigenvalue weighted by molar-refractivity contribution is 5.71. The molecule has 0 spiro atoms. The average molecular weight is 1070 g/mol. The Morgan fingerprint density at radius 1 is 0.273 bits per heavy atom. The number of carbonyl (C=O) groups excluding carboxylic acids is 3. The van der Waals surface area contributed by atoms with Crippen molar-refractivity contribution in [2.45, 2.75) is 322 Å². The van der Waals surface area contributed by atoms with Crippen molar-refractivity contribution in [3.05, 3.63) is 97.2 Å². The fourth-order valence-corrected chi connectivity index (χ4v) is 9.18. The van der Waals surface area contributed by atoms with Gasteiger partial charge < -0.3 is 14.2 Å². The lowest BCUT2D eigenvalue weighted by Gasteiger charge is -2.18. The molecule has 1 atom stereocenters. The Labute approximate surface area is 477 Å². The Morgan fingerprint density at radius 3 is 0.818 bits per heavy atom. The Morgan fingerprint density at radius 2 is 0.506 bits per heavy atom. The largest absolute Gasteiger partial charge is 0.462 e. The van der Waals surface area contributed by atoms with Crippen molar-refractivity contribution in [3.63, 3.8) is 0 Å². The van der Waals surface area contributed by atoms with E-state index in [0.717, 1.165) is 96.3 Å². The van der Waals surface area contributed by atoms with Crippen LogP contribution in [0.3, 0.4) is 0 Å². The van der Waals surface area contributed by atoms with E-state index in [9.17, 15) is 14.4 Å². The van der Waals surface area contributed by atoms with Gasteiger partial charge in [0.2, 0.25) is 0 Å². The van der Waals surface area contributed by atoms with E-state index in [1.54, 1.807) is 0 Å². The van der Waals surface area contributed by atoms with E-state index in [2.05, 4.69) is 118 Å². The summed E-state index contributed by atoms with van der Waals surface area (Å²) >= 11 is 0. The summed E-state index contributed by atoms with van der Waals surface area (Å²) in [7, 11) is 0. The minimum absolute atomic E-state index is 0.0926. The lowest BCUT2D eigenvalue weighted by Crippen LogP contribution is -2.30. The van der Waals surface area contributed by atoms with Gasteiger partial charge in [-0.3, -0.25) is 14.4 Å². The first kappa shape index (κ1) is 73.3. The molecular weight excluding hydrogens is 949 g/mol. The van der Waals surface area contributed by atoms with Crippen LogP contribution in [0.1, 0.15) is 316 Å². The van der Waals surface area contributed by atoms with Crippen LogP contribution in [-0.4, -0.2) is 37.2 Å². The first-order chi connectivity index (χ1) is 38.0. The van der Waals surface area contributed by atoms with Gasteiger partial charge in [0, 0.05) is 19.3 Å². The summed E-state index contributed by atoms with van der Waals surface area (Å²) < 4.78 is 16.8. The molecule has 0 bridgehead atoms. The molecule has 0 N–H and O–H groups in total. The third kappa shape index (κ3) is 63.0. The van der Waals surface area contributed by atoms with Gasteiger partial charge in [0.05, 0.1) is 0 Å². The van der Waals surface area contributed by atoms with Crippen LogP contribution in [0.2, 0.25) is 0 Å². The van der Waals surface area contributed by atoms with Crippen LogP contribution < -0.4 is 0 Å². The fraction of sp³-hybridized carbons (Fsp3) is 0.732. The van der Waals surface area contributed by atoms with E-state index in [0.29, 0.717) is 19.3 Å². The quantitative estimate of drug-likeness (QED) is 0.0261. The molecule has 0 saturated carbocycles. The summed E-state index contributed by atoms with van der Waals surface area (Å²) in [5.41, 5.74) is 0. The van der Waals surface area contributed by atoms with Crippen LogP contribution in [-0.2, 0) is 28.6 Å². The normalized spacial score (nSPS) is 12.7. The van der Waals surface area contributed by atoms with Crippen molar-refractivity contribution in [2.24, 2.45) is 0 Å². The number of ether oxygens (including phenoxy) is 3. The first-order valence-electron chi connectivity index (χ1n) is 32.7. The lowest BCUT2D eigenvalue weighted by molar-refractivity contribution is -0.167. The van der Waals surface area contributed by atoms with Gasteiger partial charge in [0.15, 0.2) is 6.10 Å². The van der Waals surface area contributed by atoms with E-state index in [4.69, 9.17) is 14.2 Å². The smallest absolute Gasteiger partial charge is 0.306 e. The van der Waals surface area contributed by atoms with E-state index < -0.39 is 6.10 Å². The Kier molecular flexibility index (Phi) is 61.8.